The molecule has 7 nitrogen and oxygen atoms in total. The standard InChI is InChI=1S/C19H23N3O4/c1-19(2,3)26-18(24)21-14-6-4-5-13(9-14)17-22-15(11-25-17)16(23)20-10-12-7-8-12/h4-6,9,11-12H,7-8,10H2,1-3H3,(H,20,23)(H,21,24). The summed E-state index contributed by atoms with van der Waals surface area (Å²) in [5.74, 6) is 0.672. The molecule has 2 aromatic rings. The summed E-state index contributed by atoms with van der Waals surface area (Å²) >= 11 is 0. The normalized spacial score (nSPS) is 14.0. The molecule has 1 aromatic heterocycles. The van der Waals surface area contributed by atoms with Crippen LogP contribution in [0.3, 0.4) is 0 Å². The first-order valence-electron chi connectivity index (χ1n) is 8.64. The molecule has 0 unspecified atom stereocenters. The molecule has 0 bridgehead atoms. The number of oxazole rings is 1. The summed E-state index contributed by atoms with van der Waals surface area (Å²) in [7, 11) is 0. The van der Waals surface area contributed by atoms with Gasteiger partial charge < -0.3 is 14.5 Å². The van der Waals surface area contributed by atoms with Crippen molar-refractivity contribution in [3.05, 3.63) is 36.2 Å². The number of carbonyl (C=O) groups is 2. The van der Waals surface area contributed by atoms with Crippen molar-refractivity contribution in [2.24, 2.45) is 5.92 Å². The molecule has 3 rings (SSSR count). The molecule has 2 amide bonds. The SMILES string of the molecule is CC(C)(C)OC(=O)Nc1cccc(-c2nc(C(=O)NCC3CC3)co2)c1. The van der Waals surface area contributed by atoms with Crippen LogP contribution < -0.4 is 10.6 Å². The van der Waals surface area contributed by atoms with Gasteiger partial charge in [0.25, 0.3) is 5.91 Å². The van der Waals surface area contributed by atoms with Crippen LogP contribution in [-0.2, 0) is 4.74 Å². The predicted octanol–water partition coefficient (Wildman–Crippen LogP) is 3.83. The van der Waals surface area contributed by atoms with Crippen molar-refractivity contribution in [1.82, 2.24) is 10.3 Å². The third-order valence-electron chi connectivity index (χ3n) is 3.74. The summed E-state index contributed by atoms with van der Waals surface area (Å²) in [6.45, 7) is 6.07. The zero-order chi connectivity index (χ0) is 18.7. The van der Waals surface area contributed by atoms with Crippen LogP contribution in [0.5, 0.6) is 0 Å². The van der Waals surface area contributed by atoms with Crippen molar-refractivity contribution in [3.8, 4) is 11.5 Å². The lowest BCUT2D eigenvalue weighted by Crippen LogP contribution is -2.27. The van der Waals surface area contributed by atoms with Crippen molar-refractivity contribution in [2.75, 3.05) is 11.9 Å². The van der Waals surface area contributed by atoms with E-state index in [1.807, 2.05) is 0 Å². The van der Waals surface area contributed by atoms with Crippen LogP contribution in [0.1, 0.15) is 44.1 Å². The zero-order valence-corrected chi connectivity index (χ0v) is 15.2. The number of carbonyl (C=O) groups excluding carboxylic acids is 2. The molecule has 1 saturated carbocycles. The molecule has 2 N–H and O–H groups in total. The summed E-state index contributed by atoms with van der Waals surface area (Å²) in [4.78, 5) is 28.2. The van der Waals surface area contributed by atoms with E-state index in [1.165, 1.54) is 19.1 Å². The summed E-state index contributed by atoms with van der Waals surface area (Å²) in [6, 6.07) is 7.00. The highest BCUT2D eigenvalue weighted by molar-refractivity contribution is 5.92. The maximum atomic E-state index is 12.1. The largest absolute Gasteiger partial charge is 0.444 e. The van der Waals surface area contributed by atoms with Crippen molar-refractivity contribution in [3.63, 3.8) is 0 Å². The number of anilines is 1. The molecule has 0 aliphatic heterocycles. The highest BCUT2D eigenvalue weighted by Gasteiger charge is 2.23. The van der Waals surface area contributed by atoms with Gasteiger partial charge in [-0.2, -0.15) is 0 Å². The van der Waals surface area contributed by atoms with Crippen LogP contribution in [0, 0.1) is 5.92 Å². The lowest BCUT2D eigenvalue weighted by atomic mass is 10.2. The van der Waals surface area contributed by atoms with Gasteiger partial charge in [0.05, 0.1) is 0 Å². The van der Waals surface area contributed by atoms with Crippen LogP contribution >= 0.6 is 0 Å². The maximum Gasteiger partial charge on any atom is 0.412 e. The Kier molecular flexibility index (Phi) is 4.97. The number of benzene rings is 1. The summed E-state index contributed by atoms with van der Waals surface area (Å²) < 4.78 is 10.7. The number of rotatable bonds is 5. The van der Waals surface area contributed by atoms with Crippen LogP contribution in [-0.4, -0.2) is 29.1 Å². The number of ether oxygens (including phenoxy) is 1. The lowest BCUT2D eigenvalue weighted by Gasteiger charge is -2.19. The molecule has 138 valence electrons. The van der Waals surface area contributed by atoms with E-state index in [9.17, 15) is 9.59 Å². The second kappa shape index (κ2) is 7.19. The van der Waals surface area contributed by atoms with Crippen molar-refractivity contribution in [2.45, 2.75) is 39.2 Å². The molecule has 1 heterocycles. The summed E-state index contributed by atoms with van der Waals surface area (Å²) in [5.41, 5.74) is 0.869. The fraction of sp³-hybridized carbons (Fsp3) is 0.421. The average Bonchev–Trinajstić information content (AvgIpc) is 3.25. The highest BCUT2D eigenvalue weighted by Crippen LogP contribution is 2.28. The van der Waals surface area contributed by atoms with E-state index in [1.54, 1.807) is 45.0 Å². The topological polar surface area (TPSA) is 93.5 Å². The van der Waals surface area contributed by atoms with Gasteiger partial charge in [0.1, 0.15) is 11.9 Å². The Hall–Kier alpha value is -2.83. The van der Waals surface area contributed by atoms with Gasteiger partial charge in [0.2, 0.25) is 5.89 Å². The van der Waals surface area contributed by atoms with E-state index >= 15 is 0 Å². The van der Waals surface area contributed by atoms with E-state index in [0.29, 0.717) is 29.6 Å². The molecular weight excluding hydrogens is 334 g/mol. The predicted molar refractivity (Wildman–Crippen MR) is 96.9 cm³/mol. The second-order valence-corrected chi connectivity index (χ2v) is 7.40. The monoisotopic (exact) mass is 357 g/mol. The highest BCUT2D eigenvalue weighted by atomic mass is 16.6. The van der Waals surface area contributed by atoms with Gasteiger partial charge in [-0.1, -0.05) is 6.07 Å². The lowest BCUT2D eigenvalue weighted by molar-refractivity contribution is 0.0635. The van der Waals surface area contributed by atoms with Crippen molar-refractivity contribution in [1.29, 1.82) is 0 Å². The number of amides is 2. The van der Waals surface area contributed by atoms with Gasteiger partial charge in [-0.25, -0.2) is 9.78 Å². The Morgan fingerprint density at radius 3 is 2.77 bits per heavy atom. The molecule has 0 spiro atoms. The zero-order valence-electron chi connectivity index (χ0n) is 15.2. The van der Waals surface area contributed by atoms with Gasteiger partial charge in [0.15, 0.2) is 5.69 Å². The molecular formula is C19H23N3O4. The third-order valence-corrected chi connectivity index (χ3v) is 3.74. The third kappa shape index (κ3) is 5.08. The quantitative estimate of drug-likeness (QED) is 0.848. The summed E-state index contributed by atoms with van der Waals surface area (Å²) in [6.07, 6.45) is 3.14. The number of hydrogen-bond donors (Lipinski definition) is 2. The molecule has 1 aliphatic rings. The Morgan fingerprint density at radius 2 is 2.08 bits per heavy atom. The van der Waals surface area contributed by atoms with Crippen LogP contribution in [0.2, 0.25) is 0 Å². The molecule has 1 aromatic carbocycles. The molecule has 7 heteroatoms. The Morgan fingerprint density at radius 1 is 1.31 bits per heavy atom. The van der Waals surface area contributed by atoms with Gasteiger partial charge in [-0.15, -0.1) is 0 Å². The van der Waals surface area contributed by atoms with Crippen LogP contribution in [0.15, 0.2) is 34.9 Å². The first kappa shape index (κ1) is 18.0. The van der Waals surface area contributed by atoms with Gasteiger partial charge >= 0.3 is 6.09 Å². The first-order chi connectivity index (χ1) is 12.3. The fourth-order valence-electron chi connectivity index (χ4n) is 2.31. The minimum absolute atomic E-state index is 0.241. The molecule has 0 radical (unpaired) electrons. The minimum Gasteiger partial charge on any atom is -0.444 e. The molecule has 1 aliphatic carbocycles. The van der Waals surface area contributed by atoms with Gasteiger partial charge in [-0.05, 0) is 57.7 Å². The molecule has 0 atom stereocenters. The number of nitrogens with zero attached hydrogens (tertiary/aromatic N) is 1. The Labute approximate surface area is 152 Å². The summed E-state index contributed by atoms with van der Waals surface area (Å²) in [5, 5.41) is 5.52. The van der Waals surface area contributed by atoms with Crippen molar-refractivity contribution >= 4 is 17.7 Å². The molecule has 0 saturated heterocycles. The fourth-order valence-corrected chi connectivity index (χ4v) is 2.31. The van der Waals surface area contributed by atoms with E-state index < -0.39 is 11.7 Å². The number of nitrogens with one attached hydrogen (secondary N) is 2. The number of aromatic nitrogens is 1. The van der Waals surface area contributed by atoms with Gasteiger partial charge in [-0.3, -0.25) is 10.1 Å². The maximum absolute atomic E-state index is 12.1. The average molecular weight is 357 g/mol. The second-order valence-electron chi connectivity index (χ2n) is 7.40. The van der Waals surface area contributed by atoms with Crippen LogP contribution in [0.4, 0.5) is 10.5 Å². The van der Waals surface area contributed by atoms with E-state index in [0.717, 1.165) is 0 Å². The van der Waals surface area contributed by atoms with E-state index in [-0.39, 0.29) is 11.6 Å². The van der Waals surface area contributed by atoms with E-state index in [4.69, 9.17) is 9.15 Å². The van der Waals surface area contributed by atoms with Crippen LogP contribution in [0.25, 0.3) is 11.5 Å². The van der Waals surface area contributed by atoms with Crippen molar-refractivity contribution < 1.29 is 18.7 Å². The smallest absolute Gasteiger partial charge is 0.412 e. The number of hydrogen-bond acceptors (Lipinski definition) is 5. The molecule has 26 heavy (non-hydrogen) atoms. The first-order valence-corrected chi connectivity index (χ1v) is 8.64. The minimum atomic E-state index is -0.576. The Balaban J connectivity index is 1.66. The molecule has 1 fully saturated rings. The Bertz CT molecular complexity index is 803. The van der Waals surface area contributed by atoms with E-state index in [2.05, 4.69) is 15.6 Å². The van der Waals surface area contributed by atoms with Gasteiger partial charge in [0, 0.05) is 17.8 Å².